The summed E-state index contributed by atoms with van der Waals surface area (Å²) in [5, 5.41) is 13.5. The highest BCUT2D eigenvalue weighted by atomic mass is 16.3. The first-order valence-electron chi connectivity index (χ1n) is 6.67. The second kappa shape index (κ2) is 4.84. The summed E-state index contributed by atoms with van der Waals surface area (Å²) >= 11 is 0. The lowest BCUT2D eigenvalue weighted by Crippen LogP contribution is -2.48. The van der Waals surface area contributed by atoms with Crippen molar-refractivity contribution in [2.45, 2.75) is 70.4 Å². The van der Waals surface area contributed by atoms with Gasteiger partial charge in [0.05, 0.1) is 6.10 Å². The first-order valence-corrected chi connectivity index (χ1v) is 6.67. The van der Waals surface area contributed by atoms with E-state index < -0.39 is 0 Å². The van der Waals surface area contributed by atoms with Crippen LogP contribution in [0.1, 0.15) is 58.3 Å². The zero-order valence-corrected chi connectivity index (χ0v) is 9.97. The molecule has 2 nitrogen and oxygen atoms in total. The van der Waals surface area contributed by atoms with Gasteiger partial charge >= 0.3 is 0 Å². The van der Waals surface area contributed by atoms with Crippen molar-refractivity contribution in [3.63, 3.8) is 0 Å². The number of rotatable bonds is 4. The van der Waals surface area contributed by atoms with Crippen LogP contribution < -0.4 is 5.32 Å². The zero-order chi connectivity index (χ0) is 10.7. The van der Waals surface area contributed by atoms with Crippen molar-refractivity contribution in [2.75, 3.05) is 6.54 Å². The molecule has 0 amide bonds. The Labute approximate surface area is 93.5 Å². The van der Waals surface area contributed by atoms with Gasteiger partial charge in [-0.15, -0.1) is 0 Å². The Hall–Kier alpha value is -0.0800. The van der Waals surface area contributed by atoms with Crippen molar-refractivity contribution in [1.82, 2.24) is 5.32 Å². The van der Waals surface area contributed by atoms with Gasteiger partial charge in [0.25, 0.3) is 0 Å². The predicted molar refractivity (Wildman–Crippen MR) is 62.8 cm³/mol. The zero-order valence-electron chi connectivity index (χ0n) is 9.97. The number of hydrogen-bond acceptors (Lipinski definition) is 2. The van der Waals surface area contributed by atoms with Crippen LogP contribution in [0, 0.1) is 5.41 Å². The summed E-state index contributed by atoms with van der Waals surface area (Å²) in [5.74, 6) is 0. The normalized spacial score (nSPS) is 34.8. The van der Waals surface area contributed by atoms with Gasteiger partial charge in [-0.25, -0.2) is 0 Å². The Morgan fingerprint density at radius 1 is 1.20 bits per heavy atom. The molecule has 0 bridgehead atoms. The number of aliphatic hydroxyl groups is 1. The third-order valence-electron chi connectivity index (χ3n) is 4.63. The Morgan fingerprint density at radius 2 is 1.93 bits per heavy atom. The summed E-state index contributed by atoms with van der Waals surface area (Å²) < 4.78 is 0. The molecule has 2 fully saturated rings. The Balaban J connectivity index is 1.76. The second-order valence-corrected chi connectivity index (χ2v) is 5.55. The predicted octanol–water partition coefficient (Wildman–Crippen LogP) is 2.46. The second-order valence-electron chi connectivity index (χ2n) is 5.55. The summed E-state index contributed by atoms with van der Waals surface area (Å²) in [5.41, 5.74) is 0.581. The summed E-state index contributed by atoms with van der Waals surface area (Å²) in [6.45, 7) is 3.43. The van der Waals surface area contributed by atoms with E-state index in [4.69, 9.17) is 0 Å². The van der Waals surface area contributed by atoms with Crippen LogP contribution in [0.4, 0.5) is 0 Å². The quantitative estimate of drug-likeness (QED) is 0.748. The Kier molecular flexibility index (Phi) is 3.68. The van der Waals surface area contributed by atoms with E-state index in [0.29, 0.717) is 11.5 Å². The molecule has 0 radical (unpaired) electrons. The van der Waals surface area contributed by atoms with Crippen LogP contribution in [0.5, 0.6) is 0 Å². The topological polar surface area (TPSA) is 32.3 Å². The molecule has 0 spiro atoms. The third-order valence-corrected chi connectivity index (χ3v) is 4.63. The van der Waals surface area contributed by atoms with Crippen molar-refractivity contribution in [2.24, 2.45) is 5.41 Å². The first kappa shape index (κ1) is 11.4. The minimum atomic E-state index is -0.0901. The maximum absolute atomic E-state index is 9.87. The van der Waals surface area contributed by atoms with Crippen LogP contribution in [0.2, 0.25) is 0 Å². The summed E-state index contributed by atoms with van der Waals surface area (Å²) in [6.07, 6.45) is 10.0. The molecule has 88 valence electrons. The lowest BCUT2D eigenvalue weighted by atomic mass is 9.67. The fraction of sp³-hybridized carbons (Fsp3) is 1.00. The molecule has 2 heteroatoms. The van der Waals surface area contributed by atoms with Crippen molar-refractivity contribution in [1.29, 1.82) is 0 Å². The SMILES string of the molecule is CCC1(CN[C@@H]2CCCC[C@H]2O)CCC1. The maximum Gasteiger partial charge on any atom is 0.0693 e. The van der Waals surface area contributed by atoms with Crippen molar-refractivity contribution < 1.29 is 5.11 Å². The average molecular weight is 211 g/mol. The van der Waals surface area contributed by atoms with E-state index in [2.05, 4.69) is 12.2 Å². The summed E-state index contributed by atoms with van der Waals surface area (Å²) in [6, 6.07) is 0.378. The van der Waals surface area contributed by atoms with Gasteiger partial charge in [-0.1, -0.05) is 26.2 Å². The first-order chi connectivity index (χ1) is 7.26. The van der Waals surface area contributed by atoms with Gasteiger partial charge in [0.15, 0.2) is 0 Å². The fourth-order valence-electron chi connectivity index (χ4n) is 3.03. The van der Waals surface area contributed by atoms with Crippen LogP contribution in [0.25, 0.3) is 0 Å². The van der Waals surface area contributed by atoms with E-state index >= 15 is 0 Å². The molecule has 0 aliphatic heterocycles. The van der Waals surface area contributed by atoms with Gasteiger partial charge in [-0.05, 0) is 37.5 Å². The monoisotopic (exact) mass is 211 g/mol. The fourth-order valence-corrected chi connectivity index (χ4v) is 3.03. The molecule has 0 unspecified atom stereocenters. The Morgan fingerprint density at radius 3 is 2.47 bits per heavy atom. The van der Waals surface area contributed by atoms with Crippen molar-refractivity contribution in [3.8, 4) is 0 Å². The Bertz CT molecular complexity index is 195. The minimum absolute atomic E-state index is 0.0901. The largest absolute Gasteiger partial charge is 0.392 e. The minimum Gasteiger partial charge on any atom is -0.392 e. The molecule has 2 saturated carbocycles. The van der Waals surface area contributed by atoms with E-state index in [1.165, 1.54) is 44.9 Å². The van der Waals surface area contributed by atoms with Gasteiger partial charge < -0.3 is 10.4 Å². The molecule has 0 heterocycles. The van der Waals surface area contributed by atoms with Gasteiger partial charge in [0, 0.05) is 12.6 Å². The average Bonchev–Trinajstić information content (AvgIpc) is 2.19. The van der Waals surface area contributed by atoms with E-state index in [-0.39, 0.29) is 6.10 Å². The molecule has 0 saturated heterocycles. The molecule has 2 rings (SSSR count). The van der Waals surface area contributed by atoms with Gasteiger partial charge in [-0.2, -0.15) is 0 Å². The molecule has 2 atom stereocenters. The molecule has 0 aromatic carbocycles. The standard InChI is InChI=1S/C13H25NO/c1-2-13(8-5-9-13)10-14-11-6-3-4-7-12(11)15/h11-12,14-15H,2-10H2,1H3/t11-,12-/m1/s1. The molecular formula is C13H25NO. The van der Waals surface area contributed by atoms with Crippen molar-refractivity contribution in [3.05, 3.63) is 0 Å². The number of hydrogen-bond donors (Lipinski definition) is 2. The third kappa shape index (κ3) is 2.54. The highest BCUT2D eigenvalue weighted by Gasteiger charge is 2.36. The number of aliphatic hydroxyl groups excluding tert-OH is 1. The summed E-state index contributed by atoms with van der Waals surface area (Å²) in [7, 11) is 0. The van der Waals surface area contributed by atoms with E-state index in [9.17, 15) is 5.11 Å². The van der Waals surface area contributed by atoms with E-state index in [1.807, 2.05) is 0 Å². The van der Waals surface area contributed by atoms with E-state index in [1.54, 1.807) is 0 Å². The molecule has 15 heavy (non-hydrogen) atoms. The maximum atomic E-state index is 9.87. The van der Waals surface area contributed by atoms with Gasteiger partial charge in [-0.3, -0.25) is 0 Å². The molecule has 2 aliphatic rings. The van der Waals surface area contributed by atoms with Crippen LogP contribution in [-0.2, 0) is 0 Å². The highest BCUT2D eigenvalue weighted by molar-refractivity contribution is 4.91. The lowest BCUT2D eigenvalue weighted by Gasteiger charge is -2.43. The van der Waals surface area contributed by atoms with Crippen LogP contribution in [-0.4, -0.2) is 23.8 Å². The van der Waals surface area contributed by atoms with Crippen LogP contribution in [0.3, 0.4) is 0 Å². The lowest BCUT2D eigenvalue weighted by molar-refractivity contribution is 0.0647. The summed E-state index contributed by atoms with van der Waals surface area (Å²) in [4.78, 5) is 0. The molecule has 0 aromatic rings. The molecular weight excluding hydrogens is 186 g/mol. The van der Waals surface area contributed by atoms with Gasteiger partial charge in [0.1, 0.15) is 0 Å². The smallest absolute Gasteiger partial charge is 0.0693 e. The van der Waals surface area contributed by atoms with Gasteiger partial charge in [0.2, 0.25) is 0 Å². The molecule has 0 aromatic heterocycles. The van der Waals surface area contributed by atoms with Crippen LogP contribution >= 0.6 is 0 Å². The van der Waals surface area contributed by atoms with E-state index in [0.717, 1.165) is 13.0 Å². The van der Waals surface area contributed by atoms with Crippen molar-refractivity contribution >= 4 is 0 Å². The molecule has 2 N–H and O–H groups in total. The highest BCUT2D eigenvalue weighted by Crippen LogP contribution is 2.43. The molecule has 2 aliphatic carbocycles. The van der Waals surface area contributed by atoms with Crippen LogP contribution in [0.15, 0.2) is 0 Å². The number of nitrogens with one attached hydrogen (secondary N) is 1.